The first-order chi connectivity index (χ1) is 15.1. The molecule has 1 unspecified atom stereocenters. The van der Waals surface area contributed by atoms with Crippen molar-refractivity contribution in [3.05, 3.63) is 106 Å². The summed E-state index contributed by atoms with van der Waals surface area (Å²) < 4.78 is 30.6. The first-order valence-electron chi connectivity index (χ1n) is 10.9. The maximum Gasteiger partial charge on any atom is 0.241 e. The Hall–Kier alpha value is -2.47. The van der Waals surface area contributed by atoms with Gasteiger partial charge in [-0.05, 0) is 44.4 Å². The molecule has 1 atom stereocenters. The summed E-state index contributed by atoms with van der Waals surface area (Å²) in [4.78, 5) is 0.374. The number of hydrogen-bond donors (Lipinski definition) is 1. The van der Waals surface area contributed by atoms with Gasteiger partial charge in [-0.1, -0.05) is 108 Å². The Morgan fingerprint density at radius 1 is 0.875 bits per heavy atom. The standard InChI is InChI=1S/C27H33NO2SSi/c1-7-25(32(5,6)24-16-12-9-13-17-24)26(23-14-10-8-11-15-23)28-31(29,30)27-21(3)18-20(2)19-22(27)4/h7-19,26,28H,1-6H3/b25-7-. The lowest BCUT2D eigenvalue weighted by atomic mass is 10.1. The summed E-state index contributed by atoms with van der Waals surface area (Å²) in [7, 11) is -5.91. The molecule has 168 valence electrons. The van der Waals surface area contributed by atoms with Crippen molar-refractivity contribution in [2.75, 3.05) is 0 Å². The molecule has 0 saturated carbocycles. The quantitative estimate of drug-likeness (QED) is 0.455. The summed E-state index contributed by atoms with van der Waals surface area (Å²) in [6, 6.07) is 23.7. The van der Waals surface area contributed by atoms with Crippen molar-refractivity contribution in [1.29, 1.82) is 0 Å². The lowest BCUT2D eigenvalue weighted by Crippen LogP contribution is -2.48. The van der Waals surface area contributed by atoms with Crippen LogP contribution in [0.25, 0.3) is 0 Å². The highest BCUT2D eigenvalue weighted by Crippen LogP contribution is 2.32. The molecule has 3 nitrogen and oxygen atoms in total. The van der Waals surface area contributed by atoms with Gasteiger partial charge in [0.15, 0.2) is 0 Å². The van der Waals surface area contributed by atoms with Crippen molar-refractivity contribution in [3.8, 4) is 0 Å². The van der Waals surface area contributed by atoms with Crippen LogP contribution in [-0.4, -0.2) is 16.5 Å². The highest BCUT2D eigenvalue weighted by molar-refractivity contribution is 7.89. The molecule has 0 aliphatic heterocycles. The zero-order valence-corrected chi connectivity index (χ0v) is 21.6. The zero-order chi connectivity index (χ0) is 23.5. The lowest BCUT2D eigenvalue weighted by molar-refractivity contribution is 0.571. The second kappa shape index (κ2) is 9.57. The van der Waals surface area contributed by atoms with E-state index >= 15 is 0 Å². The van der Waals surface area contributed by atoms with E-state index in [1.807, 2.05) is 76.2 Å². The van der Waals surface area contributed by atoms with E-state index in [4.69, 9.17) is 0 Å². The molecular weight excluding hydrogens is 430 g/mol. The van der Waals surface area contributed by atoms with Crippen LogP contribution in [0.5, 0.6) is 0 Å². The number of allylic oxidation sites excluding steroid dienone is 1. The number of nitrogens with one attached hydrogen (secondary N) is 1. The van der Waals surface area contributed by atoms with E-state index in [-0.39, 0.29) is 0 Å². The molecule has 0 aliphatic rings. The van der Waals surface area contributed by atoms with Crippen molar-refractivity contribution >= 4 is 23.3 Å². The molecule has 0 spiro atoms. The van der Waals surface area contributed by atoms with Crippen molar-refractivity contribution in [1.82, 2.24) is 4.72 Å². The number of benzene rings is 3. The highest BCUT2D eigenvalue weighted by Gasteiger charge is 2.36. The van der Waals surface area contributed by atoms with Crippen LogP contribution in [0, 0.1) is 20.8 Å². The molecule has 0 amide bonds. The third-order valence-corrected chi connectivity index (χ3v) is 11.6. The van der Waals surface area contributed by atoms with E-state index < -0.39 is 24.1 Å². The molecule has 32 heavy (non-hydrogen) atoms. The first-order valence-corrected chi connectivity index (χ1v) is 15.4. The van der Waals surface area contributed by atoms with Crippen LogP contribution in [0.4, 0.5) is 0 Å². The van der Waals surface area contributed by atoms with Gasteiger partial charge in [0.25, 0.3) is 0 Å². The van der Waals surface area contributed by atoms with Gasteiger partial charge in [0.05, 0.1) is 10.9 Å². The van der Waals surface area contributed by atoms with E-state index in [1.165, 1.54) is 5.19 Å². The van der Waals surface area contributed by atoms with Gasteiger partial charge < -0.3 is 0 Å². The molecule has 0 bridgehead atoms. The summed E-state index contributed by atoms with van der Waals surface area (Å²) in [5.41, 5.74) is 3.54. The van der Waals surface area contributed by atoms with E-state index in [0.717, 1.165) is 27.5 Å². The Morgan fingerprint density at radius 3 is 1.88 bits per heavy atom. The minimum Gasteiger partial charge on any atom is -0.207 e. The van der Waals surface area contributed by atoms with Crippen LogP contribution in [-0.2, 0) is 10.0 Å². The highest BCUT2D eigenvalue weighted by atomic mass is 32.2. The van der Waals surface area contributed by atoms with Gasteiger partial charge in [-0.15, -0.1) is 0 Å². The second-order valence-electron chi connectivity index (χ2n) is 8.93. The van der Waals surface area contributed by atoms with Crippen molar-refractivity contribution in [2.24, 2.45) is 0 Å². The monoisotopic (exact) mass is 463 g/mol. The summed E-state index contributed by atoms with van der Waals surface area (Å²) in [5.74, 6) is 0. The third-order valence-electron chi connectivity index (χ3n) is 6.12. The smallest absolute Gasteiger partial charge is 0.207 e. The predicted molar refractivity (Wildman–Crippen MR) is 137 cm³/mol. The normalized spacial score (nSPS) is 13.8. The van der Waals surface area contributed by atoms with Crippen molar-refractivity contribution < 1.29 is 8.42 Å². The van der Waals surface area contributed by atoms with Gasteiger partial charge in [-0.3, -0.25) is 0 Å². The number of aryl methyl sites for hydroxylation is 3. The molecule has 3 rings (SSSR count). The number of rotatable bonds is 7. The Labute approximate surface area is 194 Å². The minimum atomic E-state index is -3.75. The Balaban J connectivity index is 2.14. The number of sulfonamides is 1. The minimum absolute atomic E-state index is 0.374. The van der Waals surface area contributed by atoms with Crippen LogP contribution in [0.1, 0.15) is 35.2 Å². The van der Waals surface area contributed by atoms with E-state index in [2.05, 4.69) is 48.2 Å². The van der Waals surface area contributed by atoms with Gasteiger partial charge in [0, 0.05) is 0 Å². The van der Waals surface area contributed by atoms with Gasteiger partial charge in [-0.2, -0.15) is 4.72 Å². The maximum absolute atomic E-state index is 13.7. The van der Waals surface area contributed by atoms with Crippen LogP contribution >= 0.6 is 0 Å². The molecular formula is C27H33NO2SSi. The Bertz CT molecular complexity index is 1190. The molecule has 3 aromatic carbocycles. The second-order valence-corrected chi connectivity index (χ2v) is 15.0. The van der Waals surface area contributed by atoms with Gasteiger partial charge in [-0.25, -0.2) is 8.42 Å². The average Bonchev–Trinajstić information content (AvgIpc) is 2.73. The van der Waals surface area contributed by atoms with Gasteiger partial charge in [0.2, 0.25) is 10.0 Å². The predicted octanol–water partition coefficient (Wildman–Crippen LogP) is 5.73. The third kappa shape index (κ3) is 4.95. The molecule has 3 aromatic rings. The summed E-state index contributed by atoms with van der Waals surface area (Å²) in [5, 5.41) is 2.41. The molecule has 0 aromatic heterocycles. The fraction of sp³-hybridized carbons (Fsp3) is 0.259. The molecule has 0 saturated heterocycles. The molecule has 0 aliphatic carbocycles. The molecule has 5 heteroatoms. The van der Waals surface area contributed by atoms with Crippen molar-refractivity contribution in [2.45, 2.75) is 51.7 Å². The van der Waals surface area contributed by atoms with Crippen LogP contribution in [0.15, 0.2) is 89.0 Å². The summed E-state index contributed by atoms with van der Waals surface area (Å²) in [6.07, 6.45) is 2.11. The van der Waals surface area contributed by atoms with E-state index in [9.17, 15) is 8.42 Å². The topological polar surface area (TPSA) is 46.2 Å². The molecule has 0 fully saturated rings. The maximum atomic E-state index is 13.7. The van der Waals surface area contributed by atoms with E-state index in [0.29, 0.717) is 4.90 Å². The van der Waals surface area contributed by atoms with Crippen molar-refractivity contribution in [3.63, 3.8) is 0 Å². The zero-order valence-electron chi connectivity index (χ0n) is 19.8. The Morgan fingerprint density at radius 2 is 1.38 bits per heavy atom. The fourth-order valence-electron chi connectivity index (χ4n) is 4.67. The number of hydrogen-bond acceptors (Lipinski definition) is 2. The SMILES string of the molecule is C/C=C(/C(NS(=O)(=O)c1c(C)cc(C)cc1C)c1ccccc1)[Si](C)(C)c1ccccc1. The van der Waals surface area contributed by atoms with Crippen LogP contribution in [0.2, 0.25) is 13.1 Å². The lowest BCUT2D eigenvalue weighted by Gasteiger charge is -2.33. The molecule has 1 N–H and O–H groups in total. The van der Waals surface area contributed by atoms with Crippen LogP contribution < -0.4 is 9.91 Å². The van der Waals surface area contributed by atoms with Gasteiger partial charge in [0.1, 0.15) is 8.07 Å². The Kier molecular flexibility index (Phi) is 7.23. The summed E-state index contributed by atoms with van der Waals surface area (Å²) >= 11 is 0. The molecule has 0 radical (unpaired) electrons. The fourth-order valence-corrected chi connectivity index (χ4v) is 9.47. The van der Waals surface area contributed by atoms with Crippen LogP contribution in [0.3, 0.4) is 0 Å². The largest absolute Gasteiger partial charge is 0.241 e. The van der Waals surface area contributed by atoms with Gasteiger partial charge >= 0.3 is 0 Å². The molecule has 0 heterocycles. The van der Waals surface area contributed by atoms with E-state index in [1.54, 1.807) is 0 Å². The average molecular weight is 464 g/mol. The first kappa shape index (κ1) is 24.2. The summed E-state index contributed by atoms with van der Waals surface area (Å²) in [6.45, 7) is 12.3.